The fourth-order valence-corrected chi connectivity index (χ4v) is 2.87. The van der Waals surface area contributed by atoms with Gasteiger partial charge in [0.15, 0.2) is 6.61 Å². The average molecular weight is 325 g/mol. The van der Waals surface area contributed by atoms with Crippen LogP contribution in [0.3, 0.4) is 0 Å². The van der Waals surface area contributed by atoms with Gasteiger partial charge in [-0.3, -0.25) is 4.79 Å². The van der Waals surface area contributed by atoms with E-state index in [2.05, 4.69) is 5.32 Å². The van der Waals surface area contributed by atoms with Crippen molar-refractivity contribution < 1.29 is 19.4 Å². The first kappa shape index (κ1) is 16.1. The average Bonchev–Trinajstić information content (AvgIpc) is 3.00. The SMILES string of the molecule is Cc1ccc(C(=O)OCC(=O)Nc2ccc3c(c2)CCC3)c(O)c1. The molecule has 3 rings (SSSR count). The normalized spacial score (nSPS) is 12.5. The van der Waals surface area contributed by atoms with E-state index in [1.54, 1.807) is 13.0 Å². The summed E-state index contributed by atoms with van der Waals surface area (Å²) in [6, 6.07) is 10.5. The second kappa shape index (κ2) is 6.74. The Morgan fingerprint density at radius 3 is 2.71 bits per heavy atom. The molecule has 0 unspecified atom stereocenters. The Hall–Kier alpha value is -2.82. The molecule has 1 aliphatic rings. The number of hydrogen-bond acceptors (Lipinski definition) is 4. The molecule has 0 fully saturated rings. The summed E-state index contributed by atoms with van der Waals surface area (Å²) >= 11 is 0. The minimum atomic E-state index is -0.725. The summed E-state index contributed by atoms with van der Waals surface area (Å²) in [5.74, 6) is -1.29. The third-order valence-electron chi connectivity index (χ3n) is 4.09. The topological polar surface area (TPSA) is 75.6 Å². The van der Waals surface area contributed by atoms with Crippen LogP contribution in [0.5, 0.6) is 5.75 Å². The molecule has 0 saturated carbocycles. The number of nitrogens with one attached hydrogen (secondary N) is 1. The molecule has 2 aromatic rings. The van der Waals surface area contributed by atoms with E-state index in [1.807, 2.05) is 18.2 Å². The highest BCUT2D eigenvalue weighted by molar-refractivity contribution is 5.96. The van der Waals surface area contributed by atoms with Crippen LogP contribution in [0, 0.1) is 6.92 Å². The lowest BCUT2D eigenvalue weighted by atomic mass is 10.1. The largest absolute Gasteiger partial charge is 0.507 e. The second-order valence-electron chi connectivity index (χ2n) is 5.98. The number of amides is 1. The number of aryl methyl sites for hydroxylation is 3. The molecular weight excluding hydrogens is 306 g/mol. The van der Waals surface area contributed by atoms with Crippen LogP contribution in [0.1, 0.15) is 33.5 Å². The zero-order valence-corrected chi connectivity index (χ0v) is 13.5. The van der Waals surface area contributed by atoms with Crippen LogP contribution in [0.15, 0.2) is 36.4 Å². The van der Waals surface area contributed by atoms with Gasteiger partial charge in [0.2, 0.25) is 0 Å². The third kappa shape index (κ3) is 3.56. The maximum Gasteiger partial charge on any atom is 0.342 e. The fraction of sp³-hybridized carbons (Fsp3) is 0.263. The van der Waals surface area contributed by atoms with Crippen LogP contribution in [-0.4, -0.2) is 23.6 Å². The molecule has 24 heavy (non-hydrogen) atoms. The highest BCUT2D eigenvalue weighted by Crippen LogP contribution is 2.25. The molecule has 0 spiro atoms. The molecule has 1 aliphatic carbocycles. The van der Waals surface area contributed by atoms with Gasteiger partial charge in [0, 0.05) is 5.69 Å². The number of rotatable bonds is 4. The number of hydrogen-bond donors (Lipinski definition) is 2. The molecule has 5 heteroatoms. The summed E-state index contributed by atoms with van der Waals surface area (Å²) < 4.78 is 4.96. The summed E-state index contributed by atoms with van der Waals surface area (Å²) in [5.41, 5.74) is 4.17. The molecule has 5 nitrogen and oxygen atoms in total. The van der Waals surface area contributed by atoms with E-state index in [4.69, 9.17) is 4.74 Å². The van der Waals surface area contributed by atoms with Gasteiger partial charge in [0.1, 0.15) is 11.3 Å². The summed E-state index contributed by atoms with van der Waals surface area (Å²) in [6.07, 6.45) is 3.26. The van der Waals surface area contributed by atoms with Crippen molar-refractivity contribution in [2.45, 2.75) is 26.2 Å². The third-order valence-corrected chi connectivity index (χ3v) is 4.09. The Labute approximate surface area is 140 Å². The van der Waals surface area contributed by atoms with Crippen molar-refractivity contribution in [1.82, 2.24) is 0 Å². The molecule has 0 aromatic heterocycles. The van der Waals surface area contributed by atoms with Gasteiger partial charge in [-0.2, -0.15) is 0 Å². The number of carbonyl (C=O) groups is 2. The van der Waals surface area contributed by atoms with Crippen LogP contribution in [0.25, 0.3) is 0 Å². The van der Waals surface area contributed by atoms with E-state index in [0.717, 1.165) is 24.8 Å². The molecule has 2 aromatic carbocycles. The van der Waals surface area contributed by atoms with Crippen molar-refractivity contribution in [1.29, 1.82) is 0 Å². The van der Waals surface area contributed by atoms with Crippen molar-refractivity contribution >= 4 is 17.6 Å². The monoisotopic (exact) mass is 325 g/mol. The Morgan fingerprint density at radius 2 is 1.92 bits per heavy atom. The van der Waals surface area contributed by atoms with E-state index in [9.17, 15) is 14.7 Å². The quantitative estimate of drug-likeness (QED) is 0.847. The molecular formula is C19H19NO4. The molecule has 124 valence electrons. The van der Waals surface area contributed by atoms with Crippen molar-refractivity contribution in [3.63, 3.8) is 0 Å². The number of carbonyl (C=O) groups excluding carboxylic acids is 2. The van der Waals surface area contributed by atoms with Crippen LogP contribution in [-0.2, 0) is 22.4 Å². The number of aromatic hydroxyl groups is 1. The number of ether oxygens (including phenoxy) is 1. The minimum Gasteiger partial charge on any atom is -0.507 e. The maximum atomic E-state index is 11.9. The van der Waals surface area contributed by atoms with Crippen LogP contribution in [0.2, 0.25) is 0 Å². The van der Waals surface area contributed by atoms with Crippen molar-refractivity contribution in [2.75, 3.05) is 11.9 Å². The lowest BCUT2D eigenvalue weighted by Gasteiger charge is -2.09. The Balaban J connectivity index is 1.56. The Morgan fingerprint density at radius 1 is 1.12 bits per heavy atom. The second-order valence-corrected chi connectivity index (χ2v) is 5.98. The smallest absolute Gasteiger partial charge is 0.342 e. The Bertz CT molecular complexity index is 798. The number of fused-ring (bicyclic) bond motifs is 1. The number of phenolic OH excluding ortho intramolecular Hbond substituents is 1. The van der Waals surface area contributed by atoms with Gasteiger partial charge in [-0.25, -0.2) is 4.79 Å². The van der Waals surface area contributed by atoms with Gasteiger partial charge in [-0.05, 0) is 67.1 Å². The Kier molecular flexibility index (Phi) is 4.51. The van der Waals surface area contributed by atoms with Crippen molar-refractivity contribution in [3.8, 4) is 5.75 Å². The van der Waals surface area contributed by atoms with Gasteiger partial charge in [0.25, 0.3) is 5.91 Å². The molecule has 1 amide bonds. The van der Waals surface area contributed by atoms with Crippen LogP contribution < -0.4 is 5.32 Å². The minimum absolute atomic E-state index is 0.0472. The summed E-state index contributed by atoms with van der Waals surface area (Å²) in [7, 11) is 0. The van der Waals surface area contributed by atoms with Gasteiger partial charge < -0.3 is 15.2 Å². The summed E-state index contributed by atoms with van der Waals surface area (Å²) in [4.78, 5) is 23.9. The van der Waals surface area contributed by atoms with E-state index >= 15 is 0 Å². The van der Waals surface area contributed by atoms with E-state index in [1.165, 1.54) is 23.3 Å². The summed E-state index contributed by atoms with van der Waals surface area (Å²) in [5, 5.41) is 12.5. The van der Waals surface area contributed by atoms with Crippen molar-refractivity contribution in [3.05, 3.63) is 58.7 Å². The fourth-order valence-electron chi connectivity index (χ4n) is 2.87. The molecule has 0 bridgehead atoms. The van der Waals surface area contributed by atoms with Gasteiger partial charge in [-0.1, -0.05) is 12.1 Å². The lowest BCUT2D eigenvalue weighted by molar-refractivity contribution is -0.119. The lowest BCUT2D eigenvalue weighted by Crippen LogP contribution is -2.21. The van der Waals surface area contributed by atoms with Gasteiger partial charge in [-0.15, -0.1) is 0 Å². The first-order valence-corrected chi connectivity index (χ1v) is 7.91. The number of phenols is 1. The molecule has 0 heterocycles. The number of anilines is 1. The van der Waals surface area contributed by atoms with E-state index in [-0.39, 0.29) is 11.3 Å². The number of esters is 1. The first-order chi connectivity index (χ1) is 11.5. The molecule has 0 radical (unpaired) electrons. The molecule has 0 saturated heterocycles. The van der Waals surface area contributed by atoms with Crippen LogP contribution in [0.4, 0.5) is 5.69 Å². The molecule has 2 N–H and O–H groups in total. The maximum absolute atomic E-state index is 11.9. The summed E-state index contributed by atoms with van der Waals surface area (Å²) in [6.45, 7) is 1.40. The van der Waals surface area contributed by atoms with E-state index < -0.39 is 18.5 Å². The first-order valence-electron chi connectivity index (χ1n) is 7.91. The van der Waals surface area contributed by atoms with Crippen LogP contribution >= 0.6 is 0 Å². The standard InChI is InChI=1S/C19H19NO4/c1-12-5-8-16(17(21)9-12)19(23)24-11-18(22)20-15-7-6-13-3-2-4-14(13)10-15/h5-10,21H,2-4,11H2,1H3,(H,20,22). The zero-order valence-electron chi connectivity index (χ0n) is 13.5. The number of benzene rings is 2. The molecule has 0 aliphatic heterocycles. The molecule has 0 atom stereocenters. The van der Waals surface area contributed by atoms with Crippen molar-refractivity contribution in [2.24, 2.45) is 0 Å². The van der Waals surface area contributed by atoms with Gasteiger partial charge >= 0.3 is 5.97 Å². The predicted molar refractivity (Wildman–Crippen MR) is 90.2 cm³/mol. The zero-order chi connectivity index (χ0) is 17.1. The highest BCUT2D eigenvalue weighted by Gasteiger charge is 2.15. The van der Waals surface area contributed by atoms with E-state index in [0.29, 0.717) is 5.69 Å². The predicted octanol–water partition coefficient (Wildman–Crippen LogP) is 2.98. The highest BCUT2D eigenvalue weighted by atomic mass is 16.5. The van der Waals surface area contributed by atoms with Gasteiger partial charge in [0.05, 0.1) is 0 Å².